The van der Waals surface area contributed by atoms with Gasteiger partial charge in [0.1, 0.15) is 0 Å². The van der Waals surface area contributed by atoms with Gasteiger partial charge in [0.2, 0.25) is 0 Å². The highest BCUT2D eigenvalue weighted by molar-refractivity contribution is 9.09. The predicted octanol–water partition coefficient (Wildman–Crippen LogP) is 2.62. The molecule has 0 radical (unpaired) electrons. The van der Waals surface area contributed by atoms with Gasteiger partial charge >= 0.3 is 0 Å². The largest absolute Gasteiger partial charge is 0.0828 e. The summed E-state index contributed by atoms with van der Waals surface area (Å²) in [5.74, 6) is 0. The minimum absolute atomic E-state index is 0.323. The summed E-state index contributed by atoms with van der Waals surface area (Å²) < 4.78 is 0. The standard InChI is InChI=1S/C10H7Br/c11-9-5-6-10(9)7-3-1-2-4-8(7)10/h1-6,9H. The molecule has 0 amide bonds. The molecular formula is C10H7Br. The average Bonchev–Trinajstić information content (AvgIpc) is 2.73. The van der Waals surface area contributed by atoms with Crippen molar-refractivity contribution in [3.63, 3.8) is 0 Å². The summed E-state index contributed by atoms with van der Waals surface area (Å²) in [6.07, 6.45) is 4.50. The van der Waals surface area contributed by atoms with Crippen LogP contribution in [0.4, 0.5) is 0 Å². The second-order valence-electron chi connectivity index (χ2n) is 3.18. The summed E-state index contributed by atoms with van der Waals surface area (Å²) in [4.78, 5) is 0.549. The molecule has 0 aromatic heterocycles. The molecule has 0 bridgehead atoms. The van der Waals surface area contributed by atoms with E-state index < -0.39 is 0 Å². The molecule has 0 N–H and O–H groups in total. The van der Waals surface area contributed by atoms with Gasteiger partial charge in [-0.25, -0.2) is 0 Å². The smallest absolute Gasteiger partial charge is 0.0548 e. The van der Waals surface area contributed by atoms with Crippen LogP contribution in [0.3, 0.4) is 0 Å². The first-order valence-corrected chi connectivity index (χ1v) is 4.71. The number of alkyl halides is 1. The number of hydrogen-bond acceptors (Lipinski definition) is 0. The molecule has 1 aromatic rings. The normalized spacial score (nSPS) is 27.9. The van der Waals surface area contributed by atoms with Crippen LogP contribution in [0, 0.1) is 0 Å². The van der Waals surface area contributed by atoms with Gasteiger partial charge in [-0.05, 0) is 11.1 Å². The molecule has 1 atom stereocenters. The van der Waals surface area contributed by atoms with Crippen LogP contribution in [-0.4, -0.2) is 4.83 Å². The van der Waals surface area contributed by atoms with Gasteiger partial charge in [-0.1, -0.05) is 52.3 Å². The molecular weight excluding hydrogens is 200 g/mol. The predicted molar refractivity (Wildman–Crippen MR) is 49.1 cm³/mol. The van der Waals surface area contributed by atoms with Crippen LogP contribution >= 0.6 is 15.9 Å². The summed E-state index contributed by atoms with van der Waals surface area (Å²) in [5.41, 5.74) is 3.33. The topological polar surface area (TPSA) is 0 Å². The van der Waals surface area contributed by atoms with Crippen LogP contribution in [0.2, 0.25) is 0 Å². The van der Waals surface area contributed by atoms with Crippen LogP contribution in [0.5, 0.6) is 0 Å². The van der Waals surface area contributed by atoms with Crippen molar-refractivity contribution < 1.29 is 0 Å². The van der Waals surface area contributed by atoms with Gasteiger partial charge in [0.15, 0.2) is 0 Å². The van der Waals surface area contributed by atoms with E-state index in [9.17, 15) is 0 Å². The Bertz CT molecular complexity index is 329. The first-order chi connectivity index (χ1) is 5.36. The number of halogens is 1. The quantitative estimate of drug-likeness (QED) is 0.453. The van der Waals surface area contributed by atoms with E-state index in [4.69, 9.17) is 0 Å². The van der Waals surface area contributed by atoms with E-state index in [0.717, 1.165) is 0 Å². The fraction of sp³-hybridized carbons (Fsp3) is 0.200. The molecule has 54 valence electrons. The molecule has 2 aliphatic rings. The maximum absolute atomic E-state index is 3.64. The van der Waals surface area contributed by atoms with Gasteiger partial charge in [-0.15, -0.1) is 0 Å². The fourth-order valence-corrected chi connectivity index (χ4v) is 2.75. The number of allylic oxidation sites excluding steroid dienone is 2. The third-order valence-electron chi connectivity index (χ3n) is 2.72. The van der Waals surface area contributed by atoms with Gasteiger partial charge in [0.25, 0.3) is 0 Å². The second-order valence-corrected chi connectivity index (χ2v) is 4.16. The lowest BCUT2D eigenvalue weighted by Gasteiger charge is -2.24. The average molecular weight is 207 g/mol. The molecule has 1 unspecified atom stereocenters. The van der Waals surface area contributed by atoms with E-state index in [1.807, 2.05) is 0 Å². The van der Waals surface area contributed by atoms with Crippen molar-refractivity contribution >= 4 is 15.9 Å². The van der Waals surface area contributed by atoms with Crippen molar-refractivity contribution in [2.24, 2.45) is 0 Å². The van der Waals surface area contributed by atoms with Crippen molar-refractivity contribution in [2.45, 2.75) is 10.2 Å². The van der Waals surface area contributed by atoms with Crippen LogP contribution in [-0.2, 0) is 5.41 Å². The van der Waals surface area contributed by atoms with E-state index in [1.54, 1.807) is 0 Å². The minimum atomic E-state index is 0.323. The Morgan fingerprint density at radius 1 is 1.18 bits per heavy atom. The van der Waals surface area contributed by atoms with Gasteiger partial charge in [0.05, 0.1) is 5.41 Å². The van der Waals surface area contributed by atoms with Gasteiger partial charge in [0, 0.05) is 4.83 Å². The van der Waals surface area contributed by atoms with E-state index in [1.165, 1.54) is 11.1 Å². The number of hydrogen-bond donors (Lipinski definition) is 0. The Morgan fingerprint density at radius 3 is 2.18 bits per heavy atom. The number of rotatable bonds is 0. The SMILES string of the molecule is BrC1C=CC12c1ccccc12. The molecule has 0 nitrogen and oxygen atoms in total. The maximum atomic E-state index is 3.64. The lowest BCUT2D eigenvalue weighted by atomic mass is 9.87. The van der Waals surface area contributed by atoms with Crippen molar-refractivity contribution in [1.82, 2.24) is 0 Å². The van der Waals surface area contributed by atoms with E-state index >= 15 is 0 Å². The van der Waals surface area contributed by atoms with Gasteiger partial charge in [-0.3, -0.25) is 0 Å². The zero-order valence-electron chi connectivity index (χ0n) is 5.92. The summed E-state index contributed by atoms with van der Waals surface area (Å²) in [7, 11) is 0. The number of fused-ring (bicyclic) bond motifs is 3. The fourth-order valence-electron chi connectivity index (χ4n) is 1.95. The summed E-state index contributed by atoms with van der Waals surface area (Å²) in [6, 6.07) is 8.65. The molecule has 0 fully saturated rings. The summed E-state index contributed by atoms with van der Waals surface area (Å²) >= 11 is 3.64. The lowest BCUT2D eigenvalue weighted by molar-refractivity contribution is 0.756. The summed E-state index contributed by atoms with van der Waals surface area (Å²) in [5, 5.41) is 0. The van der Waals surface area contributed by atoms with Crippen LogP contribution in [0.15, 0.2) is 36.4 Å². The third-order valence-corrected chi connectivity index (χ3v) is 3.75. The Kier molecular flexibility index (Phi) is 0.880. The highest BCUT2D eigenvalue weighted by Gasteiger charge is 2.56. The third kappa shape index (κ3) is 0.497. The second kappa shape index (κ2) is 1.61. The zero-order valence-corrected chi connectivity index (χ0v) is 7.51. The molecule has 0 heterocycles. The Balaban J connectivity index is 2.19. The lowest BCUT2D eigenvalue weighted by Crippen LogP contribution is -2.25. The van der Waals surface area contributed by atoms with E-state index in [-0.39, 0.29) is 0 Å². The van der Waals surface area contributed by atoms with Crippen molar-refractivity contribution in [1.29, 1.82) is 0 Å². The van der Waals surface area contributed by atoms with Gasteiger partial charge < -0.3 is 0 Å². The van der Waals surface area contributed by atoms with Crippen molar-refractivity contribution in [3.05, 3.63) is 47.5 Å². The number of benzene rings is 1. The molecule has 11 heavy (non-hydrogen) atoms. The Hall–Kier alpha value is -0.560. The minimum Gasteiger partial charge on any atom is -0.0828 e. The molecule has 0 saturated heterocycles. The van der Waals surface area contributed by atoms with E-state index in [2.05, 4.69) is 52.3 Å². The molecule has 1 aromatic carbocycles. The molecule has 1 heteroatoms. The molecule has 2 aliphatic carbocycles. The monoisotopic (exact) mass is 206 g/mol. The Labute approximate surface area is 74.1 Å². The highest BCUT2D eigenvalue weighted by Crippen LogP contribution is 2.60. The van der Waals surface area contributed by atoms with Crippen molar-refractivity contribution in [2.75, 3.05) is 0 Å². The maximum Gasteiger partial charge on any atom is 0.0548 e. The first kappa shape index (κ1) is 6.01. The Morgan fingerprint density at radius 2 is 1.82 bits per heavy atom. The highest BCUT2D eigenvalue weighted by atomic mass is 79.9. The van der Waals surface area contributed by atoms with Gasteiger partial charge in [-0.2, -0.15) is 0 Å². The first-order valence-electron chi connectivity index (χ1n) is 3.79. The molecule has 0 saturated carbocycles. The van der Waals surface area contributed by atoms with Crippen LogP contribution in [0.1, 0.15) is 11.1 Å². The molecule has 1 spiro atoms. The molecule has 0 aliphatic heterocycles. The van der Waals surface area contributed by atoms with Crippen LogP contribution in [0.25, 0.3) is 0 Å². The van der Waals surface area contributed by atoms with E-state index in [0.29, 0.717) is 10.2 Å². The zero-order chi connectivity index (χ0) is 7.47. The summed E-state index contributed by atoms with van der Waals surface area (Å²) in [6.45, 7) is 0. The molecule has 3 rings (SSSR count). The van der Waals surface area contributed by atoms with Crippen LogP contribution < -0.4 is 0 Å². The van der Waals surface area contributed by atoms with Crippen molar-refractivity contribution in [3.8, 4) is 0 Å².